The second-order valence-corrected chi connectivity index (χ2v) is 6.57. The number of aromatic nitrogens is 2. The van der Waals surface area contributed by atoms with Crippen molar-refractivity contribution in [3.8, 4) is 0 Å². The van der Waals surface area contributed by atoms with Gasteiger partial charge in [-0.2, -0.15) is 0 Å². The highest BCUT2D eigenvalue weighted by Crippen LogP contribution is 2.30. The molecule has 1 N–H and O–H groups in total. The Kier molecular flexibility index (Phi) is 5.67. The zero-order chi connectivity index (χ0) is 16.1. The number of amides is 1. The molecule has 2 atom stereocenters. The summed E-state index contributed by atoms with van der Waals surface area (Å²) in [6, 6.07) is 0.239. The van der Waals surface area contributed by atoms with Crippen LogP contribution in [0.3, 0.4) is 0 Å². The van der Waals surface area contributed by atoms with Crippen molar-refractivity contribution in [1.29, 1.82) is 0 Å². The summed E-state index contributed by atoms with van der Waals surface area (Å²) in [6.07, 6.45) is 7.25. The second-order valence-electron chi connectivity index (χ2n) is 6.57. The van der Waals surface area contributed by atoms with Crippen LogP contribution in [0.1, 0.15) is 31.5 Å². The summed E-state index contributed by atoms with van der Waals surface area (Å²) >= 11 is 0. The van der Waals surface area contributed by atoms with Gasteiger partial charge >= 0.3 is 0 Å². The Morgan fingerprint density at radius 2 is 2.09 bits per heavy atom. The number of nitrogens with one attached hydrogen (secondary N) is 1. The van der Waals surface area contributed by atoms with Crippen molar-refractivity contribution in [3.05, 3.63) is 18.2 Å². The molecule has 2 aliphatic rings. The van der Waals surface area contributed by atoms with E-state index in [9.17, 15) is 4.79 Å². The highest BCUT2D eigenvalue weighted by molar-refractivity contribution is 5.76. The fourth-order valence-corrected chi connectivity index (χ4v) is 3.69. The van der Waals surface area contributed by atoms with Crippen LogP contribution in [0.2, 0.25) is 0 Å². The Morgan fingerprint density at radius 3 is 2.83 bits per heavy atom. The number of hydrogen-bond acceptors (Lipinski definition) is 4. The number of carbonyl (C=O) groups excluding carboxylic acids is 1. The van der Waals surface area contributed by atoms with Gasteiger partial charge < -0.3 is 19.4 Å². The predicted octanol–water partition coefficient (Wildman–Crippen LogP) is 1.53. The molecule has 6 nitrogen and oxygen atoms in total. The lowest BCUT2D eigenvalue weighted by Crippen LogP contribution is -2.49. The van der Waals surface area contributed by atoms with Crippen molar-refractivity contribution < 1.29 is 14.3 Å². The molecule has 1 amide bonds. The third-order valence-electron chi connectivity index (χ3n) is 5.12. The van der Waals surface area contributed by atoms with Crippen LogP contribution >= 0.6 is 0 Å². The second kappa shape index (κ2) is 7.93. The molecule has 3 rings (SSSR count). The van der Waals surface area contributed by atoms with Crippen LogP contribution < -0.4 is 5.32 Å². The molecule has 2 saturated heterocycles. The lowest BCUT2D eigenvalue weighted by Gasteiger charge is -2.39. The van der Waals surface area contributed by atoms with Crippen LogP contribution in [0, 0.1) is 18.8 Å². The van der Waals surface area contributed by atoms with Crippen molar-refractivity contribution in [3.63, 3.8) is 0 Å². The molecule has 0 aromatic carbocycles. The van der Waals surface area contributed by atoms with E-state index in [0.29, 0.717) is 24.8 Å². The first-order chi connectivity index (χ1) is 11.2. The van der Waals surface area contributed by atoms with Gasteiger partial charge in [0.15, 0.2) is 0 Å². The van der Waals surface area contributed by atoms with Gasteiger partial charge in [-0.15, -0.1) is 0 Å². The molecule has 6 heteroatoms. The standard InChI is InChI=1S/C17H27N3O3/c1-13-18-6-8-20(13)7-2-17(21)19-16-5-11-23-12-15(16)14-3-9-22-10-4-14/h6,8,14-16H,2-5,7,9-12H2,1H3,(H,19,21). The van der Waals surface area contributed by atoms with Crippen molar-refractivity contribution in [2.45, 2.75) is 45.2 Å². The molecule has 2 unspecified atom stereocenters. The van der Waals surface area contributed by atoms with E-state index in [4.69, 9.17) is 9.47 Å². The highest BCUT2D eigenvalue weighted by Gasteiger charge is 2.34. The highest BCUT2D eigenvalue weighted by atomic mass is 16.5. The van der Waals surface area contributed by atoms with E-state index < -0.39 is 0 Å². The van der Waals surface area contributed by atoms with Gasteiger partial charge in [-0.05, 0) is 32.1 Å². The number of ether oxygens (including phenoxy) is 2. The fourth-order valence-electron chi connectivity index (χ4n) is 3.69. The zero-order valence-corrected chi connectivity index (χ0v) is 13.9. The van der Waals surface area contributed by atoms with Crippen molar-refractivity contribution in [2.24, 2.45) is 11.8 Å². The number of aryl methyl sites for hydroxylation is 2. The maximum absolute atomic E-state index is 12.3. The van der Waals surface area contributed by atoms with Crippen molar-refractivity contribution in [2.75, 3.05) is 26.4 Å². The third-order valence-corrected chi connectivity index (χ3v) is 5.12. The van der Waals surface area contributed by atoms with E-state index in [2.05, 4.69) is 10.3 Å². The largest absolute Gasteiger partial charge is 0.381 e. The predicted molar refractivity (Wildman–Crippen MR) is 86.0 cm³/mol. The maximum Gasteiger partial charge on any atom is 0.222 e. The summed E-state index contributed by atoms with van der Waals surface area (Å²) < 4.78 is 13.2. The van der Waals surface area contributed by atoms with Crippen molar-refractivity contribution in [1.82, 2.24) is 14.9 Å². The Bertz CT molecular complexity index is 511. The number of imidazole rings is 1. The number of nitrogens with zero attached hydrogens (tertiary/aromatic N) is 2. The lowest BCUT2D eigenvalue weighted by molar-refractivity contribution is -0.124. The van der Waals surface area contributed by atoms with Crippen LogP contribution in [0.15, 0.2) is 12.4 Å². The zero-order valence-electron chi connectivity index (χ0n) is 13.9. The molecule has 0 aliphatic carbocycles. The van der Waals surface area contributed by atoms with Crippen LogP contribution in [0.4, 0.5) is 0 Å². The van der Waals surface area contributed by atoms with Gasteiger partial charge in [0, 0.05) is 57.1 Å². The normalized spacial score (nSPS) is 26.1. The van der Waals surface area contributed by atoms with E-state index in [1.54, 1.807) is 6.20 Å². The first-order valence-electron chi connectivity index (χ1n) is 8.66. The minimum Gasteiger partial charge on any atom is -0.381 e. The van der Waals surface area contributed by atoms with E-state index >= 15 is 0 Å². The molecule has 1 aromatic rings. The van der Waals surface area contributed by atoms with Gasteiger partial charge in [-0.25, -0.2) is 4.98 Å². The average Bonchev–Trinajstić information content (AvgIpc) is 2.99. The smallest absolute Gasteiger partial charge is 0.222 e. The summed E-state index contributed by atoms with van der Waals surface area (Å²) in [5.41, 5.74) is 0. The van der Waals surface area contributed by atoms with Gasteiger partial charge in [0.1, 0.15) is 5.82 Å². The van der Waals surface area contributed by atoms with Gasteiger partial charge in [0.2, 0.25) is 5.91 Å². The monoisotopic (exact) mass is 321 g/mol. The molecule has 3 heterocycles. The topological polar surface area (TPSA) is 65.4 Å². The maximum atomic E-state index is 12.3. The molecular weight excluding hydrogens is 294 g/mol. The summed E-state index contributed by atoms with van der Waals surface area (Å²) in [5.74, 6) is 2.10. The van der Waals surface area contributed by atoms with Gasteiger partial charge in [0.25, 0.3) is 0 Å². The first kappa shape index (κ1) is 16.5. The third kappa shape index (κ3) is 4.32. The number of rotatable bonds is 5. The Balaban J connectivity index is 1.51. The average molecular weight is 321 g/mol. The van der Waals surface area contributed by atoms with Gasteiger partial charge in [0.05, 0.1) is 6.61 Å². The molecular formula is C17H27N3O3. The Hall–Kier alpha value is -1.40. The van der Waals surface area contributed by atoms with E-state index in [-0.39, 0.29) is 11.9 Å². The van der Waals surface area contributed by atoms with Gasteiger partial charge in [-0.1, -0.05) is 0 Å². The van der Waals surface area contributed by atoms with Crippen LogP contribution in [0.5, 0.6) is 0 Å². The lowest BCUT2D eigenvalue weighted by atomic mass is 9.79. The molecule has 1 aromatic heterocycles. The van der Waals surface area contributed by atoms with E-state index in [1.165, 1.54) is 0 Å². The fraction of sp³-hybridized carbons (Fsp3) is 0.765. The summed E-state index contributed by atoms with van der Waals surface area (Å²) in [4.78, 5) is 16.5. The minimum absolute atomic E-state index is 0.127. The van der Waals surface area contributed by atoms with Crippen molar-refractivity contribution >= 4 is 5.91 Å². The van der Waals surface area contributed by atoms with Crippen LogP contribution in [-0.4, -0.2) is 47.9 Å². The molecule has 0 radical (unpaired) electrons. The van der Waals surface area contributed by atoms with E-state index in [0.717, 1.165) is 51.5 Å². The van der Waals surface area contributed by atoms with Gasteiger partial charge in [-0.3, -0.25) is 4.79 Å². The Morgan fingerprint density at radius 1 is 1.30 bits per heavy atom. The molecule has 2 aliphatic heterocycles. The Labute approximate surface area is 137 Å². The minimum atomic E-state index is 0.127. The summed E-state index contributed by atoms with van der Waals surface area (Å²) in [7, 11) is 0. The van der Waals surface area contributed by atoms with Crippen LogP contribution in [0.25, 0.3) is 0 Å². The molecule has 0 spiro atoms. The molecule has 128 valence electrons. The van der Waals surface area contributed by atoms with E-state index in [1.807, 2.05) is 17.7 Å². The molecule has 0 saturated carbocycles. The number of hydrogen-bond donors (Lipinski definition) is 1. The summed E-state index contributed by atoms with van der Waals surface area (Å²) in [6.45, 7) is 5.81. The first-order valence-corrected chi connectivity index (χ1v) is 8.66. The molecule has 0 bridgehead atoms. The van der Waals surface area contributed by atoms with Crippen LogP contribution in [-0.2, 0) is 20.8 Å². The summed E-state index contributed by atoms with van der Waals surface area (Å²) in [5, 5.41) is 3.25. The molecule has 2 fully saturated rings. The molecule has 23 heavy (non-hydrogen) atoms. The quantitative estimate of drug-likeness (QED) is 0.893. The SMILES string of the molecule is Cc1nccn1CCC(=O)NC1CCOCC1C1CCOCC1. The number of carbonyl (C=O) groups is 1.